The van der Waals surface area contributed by atoms with Crippen molar-refractivity contribution in [3.05, 3.63) is 48.3 Å². The first-order chi connectivity index (χ1) is 11.6. The lowest BCUT2D eigenvalue weighted by Crippen LogP contribution is -2.39. The minimum Gasteiger partial charge on any atom is -0.490 e. The summed E-state index contributed by atoms with van der Waals surface area (Å²) in [6.07, 6.45) is 3.81. The minimum absolute atomic E-state index is 0.185. The lowest BCUT2D eigenvalue weighted by Gasteiger charge is -2.19. The van der Waals surface area contributed by atoms with Gasteiger partial charge in [0.2, 0.25) is 10.0 Å². The number of benzene rings is 1. The number of hydrogen-bond donors (Lipinski definition) is 2. The molecule has 1 aromatic carbocycles. The van der Waals surface area contributed by atoms with Crippen LogP contribution in [0, 0.1) is 0 Å². The second kappa shape index (κ2) is 5.64. The summed E-state index contributed by atoms with van der Waals surface area (Å²) in [5, 5.41) is 2.90. The average molecular weight is 347 g/mol. The number of aromatic amines is 1. The molecule has 2 aliphatic heterocycles. The van der Waals surface area contributed by atoms with Gasteiger partial charge in [0.25, 0.3) is 5.91 Å². The van der Waals surface area contributed by atoms with E-state index in [-0.39, 0.29) is 36.0 Å². The number of rotatable bonds is 2. The molecule has 8 heteroatoms. The van der Waals surface area contributed by atoms with Crippen LogP contribution in [0.15, 0.2) is 47.6 Å². The Morgan fingerprint density at radius 2 is 2.12 bits per heavy atom. The molecule has 0 spiro atoms. The van der Waals surface area contributed by atoms with Crippen molar-refractivity contribution in [2.75, 3.05) is 13.2 Å². The van der Waals surface area contributed by atoms with Crippen molar-refractivity contribution >= 4 is 15.9 Å². The Hall–Kier alpha value is -2.32. The first-order valence-electron chi connectivity index (χ1n) is 7.73. The van der Waals surface area contributed by atoms with Gasteiger partial charge < -0.3 is 15.0 Å². The lowest BCUT2D eigenvalue weighted by molar-refractivity contribution is 0.0938. The fourth-order valence-corrected chi connectivity index (χ4v) is 5.07. The molecular weight excluding hydrogens is 330 g/mol. The van der Waals surface area contributed by atoms with Gasteiger partial charge in [-0.3, -0.25) is 4.79 Å². The summed E-state index contributed by atoms with van der Waals surface area (Å²) in [4.78, 5) is 15.2. The highest BCUT2D eigenvalue weighted by molar-refractivity contribution is 7.89. The molecule has 7 nitrogen and oxygen atoms in total. The third-order valence-corrected chi connectivity index (χ3v) is 6.38. The van der Waals surface area contributed by atoms with Crippen LogP contribution in [0.1, 0.15) is 16.8 Å². The van der Waals surface area contributed by atoms with E-state index >= 15 is 0 Å². The van der Waals surface area contributed by atoms with E-state index in [1.807, 2.05) is 0 Å². The Morgan fingerprint density at radius 3 is 2.92 bits per heavy atom. The van der Waals surface area contributed by atoms with Crippen LogP contribution in [0.2, 0.25) is 0 Å². The van der Waals surface area contributed by atoms with Gasteiger partial charge >= 0.3 is 0 Å². The quantitative estimate of drug-likeness (QED) is 0.847. The summed E-state index contributed by atoms with van der Waals surface area (Å²) in [6, 6.07) is 7.82. The molecule has 0 unspecified atom stereocenters. The molecule has 0 bridgehead atoms. The molecule has 1 amide bonds. The van der Waals surface area contributed by atoms with E-state index in [9.17, 15) is 13.2 Å². The zero-order valence-electron chi connectivity index (χ0n) is 12.8. The number of nitrogens with one attached hydrogen (secondary N) is 2. The topological polar surface area (TPSA) is 91.5 Å². The molecule has 24 heavy (non-hydrogen) atoms. The Kier molecular flexibility index (Phi) is 3.58. The molecular formula is C16H17N3O4S. The largest absolute Gasteiger partial charge is 0.490 e. The Labute approximate surface area is 139 Å². The van der Waals surface area contributed by atoms with Crippen LogP contribution in [0.25, 0.3) is 0 Å². The number of nitrogens with zero attached hydrogens (tertiary/aromatic N) is 1. The standard InChI is InChI=1S/C16H17N3O4S/c20-16(11-5-6-17-8-11)18-12-7-13-10-23-14-3-1-2-4-15(14)24(21,22)19(13)9-12/h1-6,8,12-13,17H,7,9-10H2,(H,18,20)/t12-,13-/m0/s1. The molecule has 0 aliphatic carbocycles. The fraction of sp³-hybridized carbons (Fsp3) is 0.312. The minimum atomic E-state index is -3.63. The summed E-state index contributed by atoms with van der Waals surface area (Å²) in [5.74, 6) is 0.178. The molecule has 1 saturated heterocycles. The first kappa shape index (κ1) is 15.2. The smallest absolute Gasteiger partial charge is 0.253 e. The molecule has 2 aliphatic rings. The number of para-hydroxylation sites is 1. The monoisotopic (exact) mass is 347 g/mol. The van der Waals surface area contributed by atoms with Gasteiger partial charge in [-0.2, -0.15) is 4.31 Å². The van der Waals surface area contributed by atoms with Crippen LogP contribution in [-0.4, -0.2) is 48.8 Å². The van der Waals surface area contributed by atoms with Gasteiger partial charge in [-0.25, -0.2) is 8.42 Å². The molecule has 2 atom stereocenters. The van der Waals surface area contributed by atoms with Crippen LogP contribution in [0.5, 0.6) is 5.75 Å². The zero-order valence-corrected chi connectivity index (χ0v) is 13.6. The van der Waals surface area contributed by atoms with Crippen molar-refractivity contribution in [3.8, 4) is 5.75 Å². The normalized spacial score (nSPS) is 25.2. The van der Waals surface area contributed by atoms with E-state index in [4.69, 9.17) is 4.74 Å². The van der Waals surface area contributed by atoms with Crippen LogP contribution >= 0.6 is 0 Å². The molecule has 2 aromatic rings. The summed E-state index contributed by atoms with van der Waals surface area (Å²) in [5.41, 5.74) is 0.529. The van der Waals surface area contributed by atoms with Gasteiger partial charge in [-0.05, 0) is 24.6 Å². The molecule has 126 valence electrons. The molecule has 0 radical (unpaired) electrons. The predicted molar refractivity (Wildman–Crippen MR) is 86.3 cm³/mol. The van der Waals surface area contributed by atoms with Crippen molar-refractivity contribution in [3.63, 3.8) is 0 Å². The van der Waals surface area contributed by atoms with E-state index < -0.39 is 10.0 Å². The molecule has 0 saturated carbocycles. The number of amides is 1. The zero-order chi connectivity index (χ0) is 16.7. The van der Waals surface area contributed by atoms with Crippen molar-refractivity contribution in [2.24, 2.45) is 0 Å². The van der Waals surface area contributed by atoms with Gasteiger partial charge in [0.15, 0.2) is 0 Å². The number of ether oxygens (including phenoxy) is 1. The highest BCUT2D eigenvalue weighted by atomic mass is 32.2. The van der Waals surface area contributed by atoms with Gasteiger partial charge in [0, 0.05) is 25.0 Å². The van der Waals surface area contributed by atoms with Crippen LogP contribution in [0.3, 0.4) is 0 Å². The van der Waals surface area contributed by atoms with Gasteiger partial charge in [-0.15, -0.1) is 0 Å². The number of aromatic nitrogens is 1. The van der Waals surface area contributed by atoms with E-state index in [1.54, 1.807) is 42.7 Å². The van der Waals surface area contributed by atoms with Gasteiger partial charge in [0.1, 0.15) is 17.3 Å². The van der Waals surface area contributed by atoms with E-state index in [1.165, 1.54) is 4.31 Å². The molecule has 3 heterocycles. The maximum Gasteiger partial charge on any atom is 0.253 e. The summed E-state index contributed by atoms with van der Waals surface area (Å²) in [6.45, 7) is 0.535. The van der Waals surface area contributed by atoms with Crippen molar-refractivity contribution in [1.29, 1.82) is 0 Å². The van der Waals surface area contributed by atoms with E-state index in [0.29, 0.717) is 17.7 Å². The summed E-state index contributed by atoms with van der Waals surface area (Å²) >= 11 is 0. The number of carbonyl (C=O) groups excluding carboxylic acids is 1. The fourth-order valence-electron chi connectivity index (χ4n) is 3.27. The van der Waals surface area contributed by atoms with Crippen LogP contribution in [0.4, 0.5) is 0 Å². The number of carbonyl (C=O) groups is 1. The second-order valence-corrected chi connectivity index (χ2v) is 7.85. The SMILES string of the molecule is O=C(N[C@H]1C[C@H]2COc3ccccc3S(=O)(=O)N2C1)c1cc[nH]c1. The Morgan fingerprint density at radius 1 is 1.29 bits per heavy atom. The second-order valence-electron chi connectivity index (χ2n) is 5.99. The van der Waals surface area contributed by atoms with E-state index in [0.717, 1.165) is 0 Å². The van der Waals surface area contributed by atoms with Crippen molar-refractivity contribution in [2.45, 2.75) is 23.4 Å². The van der Waals surface area contributed by atoms with Crippen molar-refractivity contribution in [1.82, 2.24) is 14.6 Å². The Bertz CT molecular complexity index is 863. The number of fused-ring (bicyclic) bond motifs is 2. The maximum atomic E-state index is 12.9. The molecule has 1 aromatic heterocycles. The first-order valence-corrected chi connectivity index (χ1v) is 9.17. The highest BCUT2D eigenvalue weighted by Gasteiger charge is 2.44. The van der Waals surface area contributed by atoms with Crippen molar-refractivity contribution < 1.29 is 17.9 Å². The predicted octanol–water partition coefficient (Wildman–Crippen LogP) is 0.969. The lowest BCUT2D eigenvalue weighted by atomic mass is 10.1. The molecule has 1 fully saturated rings. The summed E-state index contributed by atoms with van der Waals surface area (Å²) in [7, 11) is -3.63. The van der Waals surface area contributed by atoms with Gasteiger partial charge in [0.05, 0.1) is 11.6 Å². The van der Waals surface area contributed by atoms with Crippen LogP contribution < -0.4 is 10.1 Å². The Balaban J connectivity index is 1.56. The molecule has 2 N–H and O–H groups in total. The third-order valence-electron chi connectivity index (χ3n) is 4.43. The summed E-state index contributed by atoms with van der Waals surface area (Å²) < 4.78 is 32.9. The van der Waals surface area contributed by atoms with Crippen LogP contribution in [-0.2, 0) is 10.0 Å². The number of sulfonamides is 1. The molecule has 4 rings (SSSR count). The van der Waals surface area contributed by atoms with Gasteiger partial charge in [-0.1, -0.05) is 12.1 Å². The average Bonchev–Trinajstić information content (AvgIpc) is 3.21. The maximum absolute atomic E-state index is 12.9. The van der Waals surface area contributed by atoms with E-state index in [2.05, 4.69) is 10.3 Å². The number of hydrogen-bond acceptors (Lipinski definition) is 4. The third kappa shape index (κ3) is 2.47. The number of H-pyrrole nitrogens is 1. The highest BCUT2D eigenvalue weighted by Crippen LogP contribution is 2.35.